The second-order valence-corrected chi connectivity index (χ2v) is 5.22. The maximum atomic E-state index is 13.5. The van der Waals surface area contributed by atoms with Gasteiger partial charge in [0.15, 0.2) is 0 Å². The summed E-state index contributed by atoms with van der Waals surface area (Å²) in [6, 6.07) is 2.96. The molecule has 0 atom stereocenters. The van der Waals surface area contributed by atoms with Crippen molar-refractivity contribution in [2.45, 2.75) is 33.3 Å². The second kappa shape index (κ2) is 6.29. The number of nitro benzene ring substituents is 1. The summed E-state index contributed by atoms with van der Waals surface area (Å²) >= 11 is 0. The van der Waals surface area contributed by atoms with Crippen molar-refractivity contribution in [2.75, 3.05) is 0 Å². The Morgan fingerprint density at radius 3 is 2.57 bits per heavy atom. The molecule has 0 aromatic heterocycles. The second-order valence-electron chi connectivity index (χ2n) is 5.22. The van der Waals surface area contributed by atoms with Gasteiger partial charge in [0, 0.05) is 12.1 Å². The monoisotopic (exact) mass is 297 g/mol. The molecule has 0 aliphatic carbocycles. The maximum absolute atomic E-state index is 13.5. The van der Waals surface area contributed by atoms with Crippen LogP contribution in [0.1, 0.15) is 27.7 Å². The van der Waals surface area contributed by atoms with Gasteiger partial charge in [-0.15, -0.1) is 0 Å². The summed E-state index contributed by atoms with van der Waals surface area (Å²) in [6.45, 7) is 6.50. The molecule has 0 aliphatic rings. The smallest absolute Gasteiger partial charge is 0.413 e. The van der Waals surface area contributed by atoms with Gasteiger partial charge in [-0.1, -0.05) is 0 Å². The summed E-state index contributed by atoms with van der Waals surface area (Å²) in [5.41, 5.74) is -1.21. The first-order valence-electron chi connectivity index (χ1n) is 6.08. The Morgan fingerprint density at radius 1 is 1.43 bits per heavy atom. The minimum absolute atomic E-state index is 0.0589. The molecule has 1 N–H and O–H groups in total. The SMILES string of the molecule is CC(=Nc1cc([N+](=O)[O-])ccc1F)NC(=O)OC(C)(C)C. The first-order chi connectivity index (χ1) is 9.58. The van der Waals surface area contributed by atoms with Crippen LogP contribution in [0.3, 0.4) is 0 Å². The number of non-ortho nitro benzene ring substituents is 1. The van der Waals surface area contributed by atoms with E-state index in [1.165, 1.54) is 6.92 Å². The number of benzene rings is 1. The first kappa shape index (κ1) is 16.5. The lowest BCUT2D eigenvalue weighted by molar-refractivity contribution is -0.384. The number of amidine groups is 1. The Morgan fingerprint density at radius 2 is 2.05 bits per heavy atom. The molecule has 21 heavy (non-hydrogen) atoms. The number of hydrogen-bond donors (Lipinski definition) is 1. The number of carbonyl (C=O) groups excluding carboxylic acids is 1. The van der Waals surface area contributed by atoms with Gasteiger partial charge in [0.05, 0.1) is 4.92 Å². The van der Waals surface area contributed by atoms with E-state index in [1.807, 2.05) is 0 Å². The van der Waals surface area contributed by atoms with Crippen LogP contribution >= 0.6 is 0 Å². The Hall–Kier alpha value is -2.51. The third-order valence-corrected chi connectivity index (χ3v) is 2.11. The highest BCUT2D eigenvalue weighted by molar-refractivity contribution is 5.95. The Bertz CT molecular complexity index is 594. The van der Waals surface area contributed by atoms with Gasteiger partial charge in [-0.25, -0.2) is 14.2 Å². The van der Waals surface area contributed by atoms with Crippen molar-refractivity contribution in [3.05, 3.63) is 34.1 Å². The summed E-state index contributed by atoms with van der Waals surface area (Å²) < 4.78 is 18.5. The molecular formula is C13H16FN3O4. The zero-order chi connectivity index (χ0) is 16.2. The van der Waals surface area contributed by atoms with Gasteiger partial charge in [-0.05, 0) is 33.8 Å². The van der Waals surface area contributed by atoms with Crippen LogP contribution in [0.2, 0.25) is 0 Å². The van der Waals surface area contributed by atoms with Gasteiger partial charge in [0.25, 0.3) is 5.69 Å². The number of hydrogen-bond acceptors (Lipinski definition) is 5. The van der Waals surface area contributed by atoms with E-state index in [9.17, 15) is 19.3 Å². The molecular weight excluding hydrogens is 281 g/mol. The van der Waals surface area contributed by atoms with E-state index < -0.39 is 22.4 Å². The predicted octanol–water partition coefficient (Wildman–Crippen LogP) is 3.31. The molecule has 0 saturated heterocycles. The maximum Gasteiger partial charge on any atom is 0.413 e. The summed E-state index contributed by atoms with van der Waals surface area (Å²) in [6.07, 6.45) is -0.741. The van der Waals surface area contributed by atoms with Crippen LogP contribution in [0.15, 0.2) is 23.2 Å². The van der Waals surface area contributed by atoms with Crippen LogP contribution < -0.4 is 5.32 Å². The lowest BCUT2D eigenvalue weighted by Crippen LogP contribution is -2.35. The molecule has 0 aliphatic heterocycles. The minimum atomic E-state index is -0.741. The molecule has 0 unspecified atom stereocenters. The van der Waals surface area contributed by atoms with E-state index in [2.05, 4.69) is 10.3 Å². The number of halogens is 1. The molecule has 114 valence electrons. The number of amides is 1. The molecule has 0 heterocycles. The molecule has 0 radical (unpaired) electrons. The first-order valence-corrected chi connectivity index (χ1v) is 6.08. The normalized spacial score (nSPS) is 12.0. The summed E-state index contributed by atoms with van der Waals surface area (Å²) in [5, 5.41) is 12.9. The van der Waals surface area contributed by atoms with Crippen molar-refractivity contribution in [1.82, 2.24) is 5.32 Å². The van der Waals surface area contributed by atoms with Gasteiger partial charge in [-0.2, -0.15) is 0 Å². The van der Waals surface area contributed by atoms with Crippen molar-refractivity contribution >= 4 is 23.3 Å². The van der Waals surface area contributed by atoms with Gasteiger partial charge in [-0.3, -0.25) is 15.4 Å². The van der Waals surface area contributed by atoms with E-state index >= 15 is 0 Å². The molecule has 1 amide bonds. The number of nitro groups is 1. The van der Waals surface area contributed by atoms with Gasteiger partial charge < -0.3 is 4.74 Å². The summed E-state index contributed by atoms with van der Waals surface area (Å²) in [7, 11) is 0. The number of nitrogens with zero attached hydrogens (tertiary/aromatic N) is 2. The number of nitrogens with one attached hydrogen (secondary N) is 1. The highest BCUT2D eigenvalue weighted by Crippen LogP contribution is 2.23. The van der Waals surface area contributed by atoms with Crippen LogP contribution in [0.4, 0.5) is 20.6 Å². The van der Waals surface area contributed by atoms with Crippen molar-refractivity contribution < 1.29 is 18.8 Å². The van der Waals surface area contributed by atoms with Gasteiger partial charge >= 0.3 is 6.09 Å². The zero-order valence-corrected chi connectivity index (χ0v) is 12.1. The highest BCUT2D eigenvalue weighted by atomic mass is 19.1. The molecule has 0 saturated carbocycles. The third kappa shape index (κ3) is 5.55. The fourth-order valence-electron chi connectivity index (χ4n) is 1.36. The van der Waals surface area contributed by atoms with Crippen molar-refractivity contribution in [3.8, 4) is 0 Å². The van der Waals surface area contributed by atoms with Crippen LogP contribution in [-0.4, -0.2) is 22.5 Å². The summed E-state index contributed by atoms with van der Waals surface area (Å²) in [5.74, 6) is -0.672. The van der Waals surface area contributed by atoms with Crippen LogP contribution in [-0.2, 0) is 4.74 Å². The number of aliphatic imine (C=N–C) groups is 1. The fourth-order valence-corrected chi connectivity index (χ4v) is 1.36. The average Bonchev–Trinajstić information content (AvgIpc) is 2.28. The summed E-state index contributed by atoms with van der Waals surface area (Å²) in [4.78, 5) is 25.3. The molecule has 0 spiro atoms. The standard InChI is InChI=1S/C13H16FN3O4/c1-8(16-12(18)21-13(2,3)4)15-11-7-9(17(19)20)5-6-10(11)14/h5-7H,1-4H3,(H,15,16,18). The third-order valence-electron chi connectivity index (χ3n) is 2.11. The van der Waals surface area contributed by atoms with Crippen LogP contribution in [0.5, 0.6) is 0 Å². The molecule has 8 heteroatoms. The van der Waals surface area contributed by atoms with Gasteiger partial charge in [0.2, 0.25) is 0 Å². The Labute approximate surface area is 121 Å². The van der Waals surface area contributed by atoms with E-state index in [-0.39, 0.29) is 17.2 Å². The molecule has 0 bridgehead atoms. The minimum Gasteiger partial charge on any atom is -0.444 e. The molecule has 7 nitrogen and oxygen atoms in total. The topological polar surface area (TPSA) is 93.8 Å². The Kier molecular flexibility index (Phi) is 4.96. The van der Waals surface area contributed by atoms with E-state index in [1.54, 1.807) is 20.8 Å². The largest absolute Gasteiger partial charge is 0.444 e. The van der Waals surface area contributed by atoms with Crippen LogP contribution in [0, 0.1) is 15.9 Å². The highest BCUT2D eigenvalue weighted by Gasteiger charge is 2.17. The fraction of sp³-hybridized carbons (Fsp3) is 0.385. The number of carbonyl (C=O) groups is 1. The zero-order valence-electron chi connectivity index (χ0n) is 12.1. The van der Waals surface area contributed by atoms with Gasteiger partial charge in [0.1, 0.15) is 22.9 Å². The molecule has 1 aromatic rings. The molecule has 0 fully saturated rings. The van der Waals surface area contributed by atoms with E-state index in [0.717, 1.165) is 18.2 Å². The van der Waals surface area contributed by atoms with Crippen molar-refractivity contribution in [2.24, 2.45) is 4.99 Å². The predicted molar refractivity (Wildman–Crippen MR) is 75.2 cm³/mol. The quantitative estimate of drug-likeness (QED) is 0.392. The van der Waals surface area contributed by atoms with E-state index in [0.29, 0.717) is 0 Å². The Balaban J connectivity index is 2.89. The lowest BCUT2D eigenvalue weighted by Gasteiger charge is -2.19. The van der Waals surface area contributed by atoms with Crippen molar-refractivity contribution in [1.29, 1.82) is 0 Å². The van der Waals surface area contributed by atoms with Crippen LogP contribution in [0.25, 0.3) is 0 Å². The number of alkyl carbamates (subject to hydrolysis) is 1. The number of ether oxygens (including phenoxy) is 1. The van der Waals surface area contributed by atoms with Crippen molar-refractivity contribution in [3.63, 3.8) is 0 Å². The molecule has 1 rings (SSSR count). The van der Waals surface area contributed by atoms with E-state index in [4.69, 9.17) is 4.74 Å². The lowest BCUT2D eigenvalue weighted by atomic mass is 10.2. The molecule has 1 aromatic carbocycles. The average molecular weight is 297 g/mol. The number of rotatable bonds is 2.